The first-order valence-corrected chi connectivity index (χ1v) is 14.5. The molecule has 1 aliphatic heterocycles. The number of carbonyl (C=O) groups is 1. The largest absolute Gasteiger partial charge is 0.362 e. The number of hydrogen-bond donors (Lipinski definition) is 0. The molecule has 0 bridgehead atoms. The van der Waals surface area contributed by atoms with Crippen molar-refractivity contribution in [2.45, 2.75) is 82.8 Å². The van der Waals surface area contributed by atoms with E-state index in [1.807, 2.05) is 32.1 Å². The third-order valence-electron chi connectivity index (χ3n) is 9.19. The number of hydrogen-bond acceptors (Lipinski definition) is 5. The minimum atomic E-state index is -3.31. The Kier molecular flexibility index (Phi) is 5.39. The Morgan fingerprint density at radius 3 is 2.47 bits per heavy atom. The molecule has 5 aliphatic rings. The van der Waals surface area contributed by atoms with Crippen LogP contribution in [0, 0.1) is 11.8 Å². The van der Waals surface area contributed by atoms with Crippen molar-refractivity contribution < 1.29 is 23.1 Å². The quantitative estimate of drug-likeness (QED) is 0.368. The number of ketones is 1. The first kappa shape index (κ1) is 22.9. The topological polar surface area (TPSA) is 65.1 Å². The summed E-state index contributed by atoms with van der Waals surface area (Å²) in [4.78, 5) is 12.2. The number of fused-ring (bicyclic) bond motifs is 3. The standard InChI is InChI=1S/C28H35O5P/c1-4-31-34(30,32-5-2)21-10-6-18(7-11-21)24-17-28-25(14-15-27(28,3)33-28)23-12-8-19-16-20(29)9-13-22(19)26(23)24/h6-7,10-11,16,23-25H,4-5,8-9,12-15,17H2,1-3H3/t23-,24+,25-,27-,28+/m0/s1. The lowest BCUT2D eigenvalue weighted by Gasteiger charge is -2.46. The van der Waals surface area contributed by atoms with E-state index in [9.17, 15) is 9.36 Å². The van der Waals surface area contributed by atoms with E-state index >= 15 is 0 Å². The molecule has 34 heavy (non-hydrogen) atoms. The lowest BCUT2D eigenvalue weighted by Crippen LogP contribution is -2.42. The minimum absolute atomic E-state index is 0.0112. The van der Waals surface area contributed by atoms with Crippen molar-refractivity contribution >= 4 is 18.7 Å². The Hall–Kier alpha value is -1.52. The van der Waals surface area contributed by atoms with Crippen LogP contribution in [0.25, 0.3) is 0 Å². The fourth-order valence-corrected chi connectivity index (χ4v) is 9.29. The fourth-order valence-electron chi connectivity index (χ4n) is 7.72. The summed E-state index contributed by atoms with van der Waals surface area (Å²) in [5.74, 6) is 1.65. The maximum absolute atomic E-state index is 13.3. The van der Waals surface area contributed by atoms with Gasteiger partial charge in [-0.1, -0.05) is 17.7 Å². The van der Waals surface area contributed by atoms with Crippen molar-refractivity contribution in [3.63, 3.8) is 0 Å². The average Bonchev–Trinajstić information content (AvgIpc) is 3.29. The zero-order valence-corrected chi connectivity index (χ0v) is 21.4. The van der Waals surface area contributed by atoms with Crippen molar-refractivity contribution in [1.29, 1.82) is 0 Å². The highest BCUT2D eigenvalue weighted by Gasteiger charge is 2.77. The smallest absolute Gasteiger partial charge is 0.361 e. The molecule has 0 unspecified atom stereocenters. The highest BCUT2D eigenvalue weighted by Crippen LogP contribution is 2.73. The molecule has 1 heterocycles. The van der Waals surface area contributed by atoms with Crippen molar-refractivity contribution in [2.75, 3.05) is 13.2 Å². The molecule has 1 spiro atoms. The monoisotopic (exact) mass is 482 g/mol. The van der Waals surface area contributed by atoms with Gasteiger partial charge in [-0.2, -0.15) is 0 Å². The van der Waals surface area contributed by atoms with Crippen LogP contribution in [0.15, 0.2) is 47.1 Å². The molecule has 0 radical (unpaired) electrons. The third kappa shape index (κ3) is 3.24. The third-order valence-corrected chi connectivity index (χ3v) is 11.3. The molecule has 1 aromatic rings. The molecular formula is C28H35O5P. The average molecular weight is 483 g/mol. The Balaban J connectivity index is 1.42. The van der Waals surface area contributed by atoms with Gasteiger partial charge in [0.05, 0.1) is 24.1 Å². The Labute approximate surface area is 202 Å². The maximum atomic E-state index is 13.3. The molecule has 0 amide bonds. The summed E-state index contributed by atoms with van der Waals surface area (Å²) >= 11 is 0. The van der Waals surface area contributed by atoms with Crippen LogP contribution in [0.5, 0.6) is 0 Å². The second kappa shape index (κ2) is 8.00. The Morgan fingerprint density at radius 2 is 1.79 bits per heavy atom. The molecule has 5 nitrogen and oxygen atoms in total. The molecule has 6 rings (SSSR count). The molecule has 3 fully saturated rings. The highest BCUT2D eigenvalue weighted by molar-refractivity contribution is 7.62. The van der Waals surface area contributed by atoms with Crippen molar-refractivity contribution in [1.82, 2.24) is 0 Å². The Morgan fingerprint density at radius 1 is 1.06 bits per heavy atom. The van der Waals surface area contributed by atoms with Gasteiger partial charge in [-0.25, -0.2) is 0 Å². The molecule has 0 N–H and O–H groups in total. The van der Waals surface area contributed by atoms with Crippen LogP contribution in [0.1, 0.15) is 77.2 Å². The predicted molar refractivity (Wildman–Crippen MR) is 131 cm³/mol. The van der Waals surface area contributed by atoms with Crippen LogP contribution >= 0.6 is 7.60 Å². The van der Waals surface area contributed by atoms with Gasteiger partial charge in [0.2, 0.25) is 0 Å². The molecule has 4 aliphatic carbocycles. The van der Waals surface area contributed by atoms with Gasteiger partial charge in [-0.3, -0.25) is 9.36 Å². The van der Waals surface area contributed by atoms with Gasteiger partial charge >= 0.3 is 7.60 Å². The van der Waals surface area contributed by atoms with Crippen LogP contribution in [0.3, 0.4) is 0 Å². The zero-order valence-electron chi connectivity index (χ0n) is 20.5. The SMILES string of the molecule is CCOP(=O)(OCC)c1ccc([C@H]2C[C@]34O[C@@]3(C)CC[C@H]4[C@@H]3CCC4=CC(=O)CCC4=C32)cc1. The molecule has 2 saturated carbocycles. The number of rotatable bonds is 6. The number of ether oxygens (including phenoxy) is 1. The van der Waals surface area contributed by atoms with Crippen molar-refractivity contribution in [3.8, 4) is 0 Å². The van der Waals surface area contributed by atoms with E-state index in [1.54, 1.807) is 5.57 Å². The van der Waals surface area contributed by atoms with Crippen LogP contribution in [0.4, 0.5) is 0 Å². The summed E-state index contributed by atoms with van der Waals surface area (Å²) in [6, 6.07) is 8.09. The minimum Gasteiger partial charge on any atom is -0.362 e. The summed E-state index contributed by atoms with van der Waals surface area (Å²) in [7, 11) is -3.31. The van der Waals surface area contributed by atoms with E-state index in [4.69, 9.17) is 13.8 Å². The summed E-state index contributed by atoms with van der Waals surface area (Å²) in [6.07, 6.45) is 8.92. The number of carbonyl (C=O) groups excluding carboxylic acids is 1. The summed E-state index contributed by atoms with van der Waals surface area (Å²) < 4.78 is 31.0. The summed E-state index contributed by atoms with van der Waals surface area (Å²) in [5, 5.41) is 0.613. The number of epoxide rings is 1. The first-order valence-electron chi connectivity index (χ1n) is 13.0. The van der Waals surface area contributed by atoms with Gasteiger partial charge in [0, 0.05) is 12.3 Å². The first-order chi connectivity index (χ1) is 16.3. The highest BCUT2D eigenvalue weighted by atomic mass is 31.2. The normalized spacial score (nSPS) is 36.4. The van der Waals surface area contributed by atoms with E-state index in [0.717, 1.165) is 32.1 Å². The zero-order chi connectivity index (χ0) is 23.7. The molecular weight excluding hydrogens is 447 g/mol. The number of allylic oxidation sites excluding steroid dienone is 4. The molecule has 0 aromatic heterocycles. The molecule has 1 saturated heterocycles. The van der Waals surface area contributed by atoms with Crippen LogP contribution < -0.4 is 5.30 Å². The summed E-state index contributed by atoms with van der Waals surface area (Å²) in [6.45, 7) is 6.66. The van der Waals surface area contributed by atoms with Gasteiger partial charge in [0.15, 0.2) is 5.78 Å². The molecule has 182 valence electrons. The lowest BCUT2D eigenvalue weighted by atomic mass is 9.57. The molecule has 6 heteroatoms. The van der Waals surface area contributed by atoms with Crippen molar-refractivity contribution in [2.24, 2.45) is 11.8 Å². The van der Waals surface area contributed by atoms with E-state index in [-0.39, 0.29) is 22.9 Å². The predicted octanol–water partition coefficient (Wildman–Crippen LogP) is 6.00. The lowest BCUT2D eigenvalue weighted by molar-refractivity contribution is -0.114. The van der Waals surface area contributed by atoms with Crippen LogP contribution in [-0.4, -0.2) is 30.2 Å². The van der Waals surface area contributed by atoms with E-state index in [0.29, 0.717) is 36.8 Å². The molecule has 5 atom stereocenters. The molecule has 1 aromatic carbocycles. The fraction of sp³-hybridized carbons (Fsp3) is 0.607. The van der Waals surface area contributed by atoms with E-state index in [1.165, 1.54) is 23.1 Å². The van der Waals surface area contributed by atoms with Gasteiger partial charge in [-0.15, -0.1) is 0 Å². The van der Waals surface area contributed by atoms with Crippen molar-refractivity contribution in [3.05, 3.63) is 52.6 Å². The maximum Gasteiger partial charge on any atom is 0.361 e. The van der Waals surface area contributed by atoms with Gasteiger partial charge in [0.1, 0.15) is 5.60 Å². The number of benzene rings is 1. The van der Waals surface area contributed by atoms with Gasteiger partial charge in [0.25, 0.3) is 0 Å². The van der Waals surface area contributed by atoms with Crippen LogP contribution in [0.2, 0.25) is 0 Å². The second-order valence-electron chi connectivity index (χ2n) is 10.8. The van der Waals surface area contributed by atoms with E-state index < -0.39 is 7.60 Å². The van der Waals surface area contributed by atoms with E-state index in [2.05, 4.69) is 19.1 Å². The van der Waals surface area contributed by atoms with Gasteiger partial charge < -0.3 is 13.8 Å². The van der Waals surface area contributed by atoms with Crippen LogP contribution in [-0.2, 0) is 23.1 Å². The second-order valence-corrected chi connectivity index (χ2v) is 12.8. The summed E-state index contributed by atoms with van der Waals surface area (Å²) in [5.41, 5.74) is 5.53. The Bertz CT molecular complexity index is 1120. The van der Waals surface area contributed by atoms with Gasteiger partial charge in [-0.05, 0) is 106 Å².